The maximum absolute atomic E-state index is 11.0. The Morgan fingerprint density at radius 1 is 1.45 bits per heavy atom. The Balaban J connectivity index is 2.09. The summed E-state index contributed by atoms with van der Waals surface area (Å²) in [6.07, 6.45) is 4.76. The zero-order valence-electron chi connectivity index (χ0n) is 11.7. The second-order valence-electron chi connectivity index (χ2n) is 4.74. The maximum atomic E-state index is 11.0. The zero-order valence-corrected chi connectivity index (χ0v) is 11.7. The van der Waals surface area contributed by atoms with Gasteiger partial charge in [-0.15, -0.1) is 0 Å². The quantitative estimate of drug-likeness (QED) is 0.648. The number of aromatic nitrogens is 2. The fourth-order valence-electron chi connectivity index (χ4n) is 2.00. The van der Waals surface area contributed by atoms with E-state index in [-0.39, 0.29) is 10.6 Å². The Hall–Kier alpha value is -2.37. The average molecular weight is 274 g/mol. The van der Waals surface area contributed by atoms with Crippen molar-refractivity contribution in [3.63, 3.8) is 0 Å². The topological polar surface area (TPSA) is 73.0 Å². The minimum absolute atomic E-state index is 0.0940. The smallest absolute Gasteiger partial charge is 0.292 e. The molecule has 1 heterocycles. The molecule has 2 aromatic rings. The van der Waals surface area contributed by atoms with E-state index >= 15 is 0 Å². The van der Waals surface area contributed by atoms with E-state index < -0.39 is 0 Å². The number of hydrogen-bond acceptors (Lipinski definition) is 4. The Morgan fingerprint density at radius 2 is 2.25 bits per heavy atom. The first-order valence-electron chi connectivity index (χ1n) is 6.60. The molecule has 0 unspecified atom stereocenters. The summed E-state index contributed by atoms with van der Waals surface area (Å²) in [5.74, 6) is 0. The SMILES string of the molecule is CCCn1cc(CNc2cc(C)ccc2[N+](=O)[O-])cn1. The molecule has 0 bridgehead atoms. The van der Waals surface area contributed by atoms with Crippen LogP contribution in [0.1, 0.15) is 24.5 Å². The highest BCUT2D eigenvalue weighted by molar-refractivity contribution is 5.62. The molecule has 0 aliphatic rings. The van der Waals surface area contributed by atoms with E-state index in [9.17, 15) is 10.1 Å². The summed E-state index contributed by atoms with van der Waals surface area (Å²) < 4.78 is 1.88. The van der Waals surface area contributed by atoms with Crippen LogP contribution in [-0.2, 0) is 13.1 Å². The van der Waals surface area contributed by atoms with Crippen LogP contribution in [-0.4, -0.2) is 14.7 Å². The van der Waals surface area contributed by atoms with Gasteiger partial charge in [-0.25, -0.2) is 0 Å². The highest BCUT2D eigenvalue weighted by atomic mass is 16.6. The van der Waals surface area contributed by atoms with Crippen molar-refractivity contribution in [3.05, 3.63) is 51.8 Å². The fourth-order valence-corrected chi connectivity index (χ4v) is 2.00. The highest BCUT2D eigenvalue weighted by Gasteiger charge is 2.13. The second-order valence-corrected chi connectivity index (χ2v) is 4.74. The van der Waals surface area contributed by atoms with Gasteiger partial charge in [-0.1, -0.05) is 13.0 Å². The number of nitrogens with one attached hydrogen (secondary N) is 1. The molecule has 1 N–H and O–H groups in total. The van der Waals surface area contributed by atoms with E-state index in [1.54, 1.807) is 18.3 Å². The van der Waals surface area contributed by atoms with Crippen LogP contribution >= 0.6 is 0 Å². The number of nitrogens with zero attached hydrogens (tertiary/aromatic N) is 3. The zero-order chi connectivity index (χ0) is 14.5. The van der Waals surface area contributed by atoms with Crippen LogP contribution in [0.15, 0.2) is 30.6 Å². The first-order chi connectivity index (χ1) is 9.60. The number of nitro groups is 1. The van der Waals surface area contributed by atoms with Gasteiger partial charge in [-0.05, 0) is 25.0 Å². The number of aryl methyl sites for hydroxylation is 2. The van der Waals surface area contributed by atoms with Crippen LogP contribution in [0.2, 0.25) is 0 Å². The third kappa shape index (κ3) is 3.34. The standard InChI is InChI=1S/C14H18N4O2/c1-3-6-17-10-12(9-16-17)8-15-13-7-11(2)4-5-14(13)18(19)20/h4-5,7,9-10,15H,3,6,8H2,1-2H3. The van der Waals surface area contributed by atoms with Gasteiger partial charge in [0.05, 0.1) is 11.1 Å². The van der Waals surface area contributed by atoms with E-state index in [1.165, 1.54) is 6.07 Å². The summed E-state index contributed by atoms with van der Waals surface area (Å²) in [5, 5.41) is 18.3. The Kier molecular flexibility index (Phi) is 4.34. The molecule has 0 saturated heterocycles. The molecule has 1 aromatic carbocycles. The lowest BCUT2D eigenvalue weighted by atomic mass is 10.2. The van der Waals surface area contributed by atoms with Crippen molar-refractivity contribution in [3.8, 4) is 0 Å². The lowest BCUT2D eigenvalue weighted by molar-refractivity contribution is -0.384. The predicted molar refractivity (Wildman–Crippen MR) is 77.7 cm³/mol. The largest absolute Gasteiger partial charge is 0.375 e. The minimum atomic E-state index is -0.373. The molecule has 0 spiro atoms. The van der Waals surface area contributed by atoms with Gasteiger partial charge in [0.2, 0.25) is 0 Å². The molecule has 2 rings (SSSR count). The van der Waals surface area contributed by atoms with Crippen molar-refractivity contribution in [2.24, 2.45) is 0 Å². The van der Waals surface area contributed by atoms with Gasteiger partial charge in [0.1, 0.15) is 5.69 Å². The summed E-state index contributed by atoms with van der Waals surface area (Å²) in [6.45, 7) is 5.41. The molecule has 0 radical (unpaired) electrons. The van der Waals surface area contributed by atoms with E-state index in [4.69, 9.17) is 0 Å². The van der Waals surface area contributed by atoms with Crippen molar-refractivity contribution in [2.45, 2.75) is 33.4 Å². The number of hydrogen-bond donors (Lipinski definition) is 1. The van der Waals surface area contributed by atoms with Crippen molar-refractivity contribution in [1.82, 2.24) is 9.78 Å². The average Bonchev–Trinajstić information content (AvgIpc) is 2.84. The molecule has 0 aliphatic carbocycles. The van der Waals surface area contributed by atoms with Gasteiger partial charge in [-0.2, -0.15) is 5.10 Å². The summed E-state index contributed by atoms with van der Waals surface area (Å²) in [5.41, 5.74) is 2.63. The Bertz CT molecular complexity index is 607. The van der Waals surface area contributed by atoms with Crippen LogP contribution in [0.25, 0.3) is 0 Å². The lowest BCUT2D eigenvalue weighted by Crippen LogP contribution is -2.02. The summed E-state index contributed by atoms with van der Waals surface area (Å²) in [7, 11) is 0. The molecule has 0 aliphatic heterocycles. The van der Waals surface area contributed by atoms with Crippen molar-refractivity contribution in [1.29, 1.82) is 0 Å². The van der Waals surface area contributed by atoms with Gasteiger partial charge in [-0.3, -0.25) is 14.8 Å². The van der Waals surface area contributed by atoms with E-state index in [2.05, 4.69) is 17.3 Å². The Labute approximate surface area is 117 Å². The van der Waals surface area contributed by atoms with Gasteiger partial charge >= 0.3 is 0 Å². The fraction of sp³-hybridized carbons (Fsp3) is 0.357. The summed E-state index contributed by atoms with van der Waals surface area (Å²) >= 11 is 0. The van der Waals surface area contributed by atoms with Gasteiger partial charge in [0, 0.05) is 30.9 Å². The summed E-state index contributed by atoms with van der Waals surface area (Å²) in [4.78, 5) is 10.6. The van der Waals surface area contributed by atoms with Crippen molar-refractivity contribution in [2.75, 3.05) is 5.32 Å². The van der Waals surface area contributed by atoms with E-state index in [1.807, 2.05) is 17.8 Å². The lowest BCUT2D eigenvalue weighted by Gasteiger charge is -2.06. The van der Waals surface area contributed by atoms with Gasteiger partial charge < -0.3 is 5.32 Å². The van der Waals surface area contributed by atoms with Gasteiger partial charge in [0.15, 0.2) is 0 Å². The molecule has 1 aromatic heterocycles. The van der Waals surface area contributed by atoms with Crippen LogP contribution in [0, 0.1) is 17.0 Å². The normalized spacial score (nSPS) is 10.5. The van der Waals surface area contributed by atoms with Crippen LogP contribution < -0.4 is 5.32 Å². The Morgan fingerprint density at radius 3 is 2.95 bits per heavy atom. The summed E-state index contributed by atoms with van der Waals surface area (Å²) in [6, 6.07) is 5.05. The number of benzene rings is 1. The first-order valence-corrected chi connectivity index (χ1v) is 6.60. The van der Waals surface area contributed by atoms with Crippen LogP contribution in [0.5, 0.6) is 0 Å². The minimum Gasteiger partial charge on any atom is -0.375 e. The molecule has 106 valence electrons. The molecule has 6 heteroatoms. The third-order valence-corrected chi connectivity index (χ3v) is 2.97. The first kappa shape index (κ1) is 14.0. The molecular formula is C14H18N4O2. The van der Waals surface area contributed by atoms with Gasteiger partial charge in [0.25, 0.3) is 5.69 Å². The molecule has 6 nitrogen and oxygen atoms in total. The van der Waals surface area contributed by atoms with Crippen molar-refractivity contribution >= 4 is 11.4 Å². The number of anilines is 1. The van der Waals surface area contributed by atoms with E-state index in [0.29, 0.717) is 12.2 Å². The monoisotopic (exact) mass is 274 g/mol. The van der Waals surface area contributed by atoms with Crippen LogP contribution in [0.4, 0.5) is 11.4 Å². The predicted octanol–water partition coefficient (Wildman–Crippen LogP) is 3.12. The van der Waals surface area contributed by atoms with Crippen LogP contribution in [0.3, 0.4) is 0 Å². The van der Waals surface area contributed by atoms with E-state index in [0.717, 1.165) is 24.1 Å². The number of rotatable bonds is 6. The molecule has 0 amide bonds. The molecular weight excluding hydrogens is 256 g/mol. The maximum Gasteiger partial charge on any atom is 0.292 e. The number of nitro benzene ring substituents is 1. The molecule has 0 fully saturated rings. The molecule has 20 heavy (non-hydrogen) atoms. The molecule has 0 saturated carbocycles. The third-order valence-electron chi connectivity index (χ3n) is 2.97. The second kappa shape index (κ2) is 6.18. The highest BCUT2D eigenvalue weighted by Crippen LogP contribution is 2.25. The molecule has 0 atom stereocenters. The van der Waals surface area contributed by atoms with Crippen molar-refractivity contribution < 1.29 is 4.92 Å².